The van der Waals surface area contributed by atoms with Crippen LogP contribution in [0.15, 0.2) is 87.7 Å². The molecule has 0 saturated carbocycles. The van der Waals surface area contributed by atoms with Crippen molar-refractivity contribution in [1.82, 2.24) is 10.2 Å². The summed E-state index contributed by atoms with van der Waals surface area (Å²) < 4.78 is 16.6. The molecule has 0 bridgehead atoms. The molecule has 5 rings (SSSR count). The minimum Gasteiger partial charge on any atom is -0.506 e. The number of aromatic nitrogens is 2. The van der Waals surface area contributed by atoms with Crippen LogP contribution in [-0.4, -0.2) is 44.5 Å². The number of ether oxygens (including phenoxy) is 2. The summed E-state index contributed by atoms with van der Waals surface area (Å²) in [7, 11) is 0. The van der Waals surface area contributed by atoms with Gasteiger partial charge in [-0.25, -0.2) is 0 Å². The lowest BCUT2D eigenvalue weighted by Gasteiger charge is -2.15. The number of phenols is 1. The van der Waals surface area contributed by atoms with Crippen LogP contribution < -0.4 is 10.1 Å². The van der Waals surface area contributed by atoms with Gasteiger partial charge in [0.05, 0.1) is 17.1 Å². The third-order valence-electron chi connectivity index (χ3n) is 6.59. The summed E-state index contributed by atoms with van der Waals surface area (Å²) in [5.41, 5.74) is 1.66. The molecule has 1 heterocycles. The number of carbonyl (C=O) groups is 2. The van der Waals surface area contributed by atoms with Crippen molar-refractivity contribution < 1.29 is 33.5 Å². The molecule has 236 valence electrons. The highest BCUT2D eigenvalue weighted by atomic mass is 32.2. The molecule has 1 aromatic heterocycles. The highest BCUT2D eigenvalue weighted by Gasteiger charge is 2.23. The fourth-order valence-corrected chi connectivity index (χ4v) is 5.64. The smallest absolute Gasteiger partial charge is 0.316 e. The SMILES string of the molecule is CCCOC(=O)CSc1nnc(SCc2ccc(Oc3cc(C(=O)Nc4ccccc4C)c(O)c4ccccc34)c([N+](=O)[O-])c2)o1. The molecule has 0 unspecified atom stereocenters. The summed E-state index contributed by atoms with van der Waals surface area (Å²) in [5, 5.41) is 35.0. The van der Waals surface area contributed by atoms with Crippen molar-refractivity contribution >= 4 is 57.5 Å². The van der Waals surface area contributed by atoms with Crippen molar-refractivity contribution in [2.75, 3.05) is 17.7 Å². The molecule has 5 aromatic rings. The average molecular weight is 661 g/mol. The summed E-state index contributed by atoms with van der Waals surface area (Å²) in [4.78, 5) is 36.5. The van der Waals surface area contributed by atoms with Crippen LogP contribution in [0.3, 0.4) is 0 Å². The van der Waals surface area contributed by atoms with Gasteiger partial charge >= 0.3 is 11.7 Å². The second kappa shape index (κ2) is 14.8. The number of nitrogens with zero attached hydrogens (tertiary/aromatic N) is 3. The number of nitrogens with one attached hydrogen (secondary N) is 1. The Morgan fingerprint density at radius 3 is 2.43 bits per heavy atom. The van der Waals surface area contributed by atoms with Gasteiger partial charge in [0.25, 0.3) is 16.4 Å². The van der Waals surface area contributed by atoms with E-state index in [2.05, 4.69) is 15.5 Å². The monoisotopic (exact) mass is 660 g/mol. The Labute approximate surface area is 271 Å². The Morgan fingerprint density at radius 1 is 0.978 bits per heavy atom. The predicted molar refractivity (Wildman–Crippen MR) is 174 cm³/mol. The number of aromatic hydroxyl groups is 1. The third-order valence-corrected chi connectivity index (χ3v) is 8.27. The van der Waals surface area contributed by atoms with E-state index in [1.807, 2.05) is 26.0 Å². The van der Waals surface area contributed by atoms with Crippen molar-refractivity contribution in [3.05, 3.63) is 99.6 Å². The van der Waals surface area contributed by atoms with E-state index in [4.69, 9.17) is 13.9 Å². The number of benzene rings is 4. The first-order valence-electron chi connectivity index (χ1n) is 14.0. The number of phenolic OH excluding ortho intramolecular Hbond substituents is 1. The molecule has 0 radical (unpaired) electrons. The number of amides is 1. The Kier molecular flexibility index (Phi) is 10.4. The van der Waals surface area contributed by atoms with Gasteiger partial charge in [-0.1, -0.05) is 79.0 Å². The van der Waals surface area contributed by atoms with Gasteiger partial charge in [0, 0.05) is 28.3 Å². The number of thioether (sulfide) groups is 2. The minimum atomic E-state index is -0.566. The normalized spacial score (nSPS) is 10.9. The lowest BCUT2D eigenvalue weighted by Crippen LogP contribution is -2.13. The number of fused-ring (bicyclic) bond motifs is 1. The molecule has 0 saturated heterocycles. The Hall–Kier alpha value is -5.08. The standard InChI is InChI=1S/C32H28N4O8S2/c1-3-14-42-28(37)18-46-32-35-34-31(44-32)45-17-20-12-13-26(25(15-20)36(40)41)43-27-16-23(29(38)22-10-6-5-9-21(22)27)30(39)33-24-11-7-4-8-19(24)2/h4-13,15-16,38H,3,14,17-18H2,1-2H3,(H,33,39). The number of hydrogen-bond donors (Lipinski definition) is 2. The van der Waals surface area contributed by atoms with Crippen LogP contribution in [0.4, 0.5) is 11.4 Å². The maximum atomic E-state index is 13.3. The zero-order valence-corrected chi connectivity index (χ0v) is 26.4. The number of carbonyl (C=O) groups excluding carboxylic acids is 2. The summed E-state index contributed by atoms with van der Waals surface area (Å²) in [6.45, 7) is 4.10. The van der Waals surface area contributed by atoms with Crippen molar-refractivity contribution in [3.8, 4) is 17.2 Å². The molecule has 0 aliphatic rings. The number of rotatable bonds is 13. The molecule has 4 aromatic carbocycles. The molecule has 46 heavy (non-hydrogen) atoms. The highest BCUT2D eigenvalue weighted by molar-refractivity contribution is 7.99. The van der Waals surface area contributed by atoms with Crippen LogP contribution in [-0.2, 0) is 15.3 Å². The predicted octanol–water partition coefficient (Wildman–Crippen LogP) is 7.53. The van der Waals surface area contributed by atoms with Crippen molar-refractivity contribution in [3.63, 3.8) is 0 Å². The van der Waals surface area contributed by atoms with Crippen molar-refractivity contribution in [1.29, 1.82) is 0 Å². The lowest BCUT2D eigenvalue weighted by atomic mass is 10.0. The molecular weight excluding hydrogens is 633 g/mol. The Morgan fingerprint density at radius 2 is 1.70 bits per heavy atom. The molecule has 12 nitrogen and oxygen atoms in total. The van der Waals surface area contributed by atoms with E-state index in [-0.39, 0.29) is 56.4 Å². The van der Waals surface area contributed by atoms with Crippen LogP contribution >= 0.6 is 23.5 Å². The average Bonchev–Trinajstić information content (AvgIpc) is 3.52. The molecule has 1 amide bonds. The summed E-state index contributed by atoms with van der Waals surface area (Å²) >= 11 is 2.24. The van der Waals surface area contributed by atoms with E-state index < -0.39 is 10.8 Å². The largest absolute Gasteiger partial charge is 0.506 e. The van der Waals surface area contributed by atoms with Gasteiger partial charge in [-0.05, 0) is 42.7 Å². The van der Waals surface area contributed by atoms with Gasteiger partial charge < -0.3 is 24.3 Å². The number of anilines is 1. The number of aryl methyl sites for hydroxylation is 1. The molecule has 0 aliphatic carbocycles. The molecule has 0 spiro atoms. The quantitative estimate of drug-likeness (QED) is 0.0552. The van der Waals surface area contributed by atoms with Crippen LogP contribution in [0.25, 0.3) is 10.8 Å². The van der Waals surface area contributed by atoms with Gasteiger partial charge in [-0.3, -0.25) is 19.7 Å². The first-order valence-corrected chi connectivity index (χ1v) is 16.0. The van der Waals surface area contributed by atoms with Crippen LogP contribution in [0, 0.1) is 17.0 Å². The van der Waals surface area contributed by atoms with Crippen molar-refractivity contribution in [2.24, 2.45) is 0 Å². The second-order valence-corrected chi connectivity index (χ2v) is 11.7. The fourth-order valence-electron chi connectivity index (χ4n) is 4.32. The van der Waals surface area contributed by atoms with Crippen LogP contribution in [0.1, 0.15) is 34.8 Å². The molecule has 2 N–H and O–H groups in total. The van der Waals surface area contributed by atoms with Gasteiger partial charge in [-0.15, -0.1) is 10.2 Å². The van der Waals surface area contributed by atoms with E-state index >= 15 is 0 Å². The molecular formula is C32H28N4O8S2. The molecule has 0 fully saturated rings. The fraction of sp³-hybridized carbons (Fsp3) is 0.188. The van der Waals surface area contributed by atoms with E-state index in [1.54, 1.807) is 42.5 Å². The van der Waals surface area contributed by atoms with Crippen molar-refractivity contribution in [2.45, 2.75) is 36.5 Å². The van der Waals surface area contributed by atoms with Gasteiger partial charge in [0.15, 0.2) is 0 Å². The summed E-state index contributed by atoms with van der Waals surface area (Å²) in [6.07, 6.45) is 0.728. The third kappa shape index (κ3) is 7.76. The van der Waals surface area contributed by atoms with Gasteiger partial charge in [-0.2, -0.15) is 0 Å². The van der Waals surface area contributed by atoms with Crippen LogP contribution in [0.2, 0.25) is 0 Å². The zero-order chi connectivity index (χ0) is 32.6. The topological polar surface area (TPSA) is 167 Å². The minimum absolute atomic E-state index is 0.0368. The summed E-state index contributed by atoms with van der Waals surface area (Å²) in [6, 6.07) is 19.9. The molecule has 14 heteroatoms. The highest BCUT2D eigenvalue weighted by Crippen LogP contribution is 2.41. The lowest BCUT2D eigenvalue weighted by molar-refractivity contribution is -0.385. The van der Waals surface area contributed by atoms with Gasteiger partial charge in [0.2, 0.25) is 5.75 Å². The van der Waals surface area contributed by atoms with Crippen LogP contribution in [0.5, 0.6) is 17.2 Å². The van der Waals surface area contributed by atoms with E-state index in [9.17, 15) is 24.8 Å². The van der Waals surface area contributed by atoms with E-state index in [0.717, 1.165) is 23.7 Å². The number of para-hydroxylation sites is 1. The summed E-state index contributed by atoms with van der Waals surface area (Å²) in [5.74, 6) is -0.768. The van der Waals surface area contributed by atoms with E-state index in [0.29, 0.717) is 28.6 Å². The number of esters is 1. The maximum absolute atomic E-state index is 13.3. The van der Waals surface area contributed by atoms with Gasteiger partial charge in [0.1, 0.15) is 17.3 Å². The second-order valence-electron chi connectivity index (χ2n) is 9.88. The number of nitro groups is 1. The molecule has 0 atom stereocenters. The Balaban J connectivity index is 1.34. The zero-order valence-electron chi connectivity index (χ0n) is 24.7. The number of nitro benzene ring substituents is 1. The first-order chi connectivity index (χ1) is 22.2. The van der Waals surface area contributed by atoms with E-state index in [1.165, 1.54) is 30.0 Å². The Bertz CT molecular complexity index is 1910. The maximum Gasteiger partial charge on any atom is 0.316 e. The number of hydrogen-bond acceptors (Lipinski definition) is 12. The first kappa shape index (κ1) is 32.3. The molecule has 0 aliphatic heterocycles.